The summed E-state index contributed by atoms with van der Waals surface area (Å²) in [5.41, 5.74) is 1.18. The molecule has 2 fully saturated rings. The lowest BCUT2D eigenvalue weighted by atomic mass is 10.1. The van der Waals surface area contributed by atoms with Crippen LogP contribution in [0, 0.1) is 0 Å². The SMILES string of the molecule is CN=C(NCC(c1cnn(C)c1)N(C)C)N1CCN(CC(=O)NC2CC2)CC1.I. The van der Waals surface area contributed by atoms with Crippen LogP contribution in [-0.4, -0.2) is 103 Å². The Bertz CT molecular complexity index is 680. The average molecular weight is 518 g/mol. The number of halogens is 1. The zero-order valence-electron chi connectivity index (χ0n) is 18.0. The largest absolute Gasteiger partial charge is 0.354 e. The normalized spacial score (nSPS) is 19.1. The summed E-state index contributed by atoms with van der Waals surface area (Å²) in [5, 5.41) is 10.9. The van der Waals surface area contributed by atoms with Crippen LogP contribution < -0.4 is 10.6 Å². The van der Waals surface area contributed by atoms with Gasteiger partial charge >= 0.3 is 0 Å². The molecule has 1 atom stereocenters. The Kier molecular flexibility index (Phi) is 9.15. The van der Waals surface area contributed by atoms with Gasteiger partial charge in [0.2, 0.25) is 5.91 Å². The Morgan fingerprint density at radius 1 is 1.31 bits per heavy atom. The summed E-state index contributed by atoms with van der Waals surface area (Å²) in [6.07, 6.45) is 6.24. The van der Waals surface area contributed by atoms with Crippen molar-refractivity contribution in [2.24, 2.45) is 12.0 Å². The lowest BCUT2D eigenvalue weighted by molar-refractivity contribution is -0.122. The second-order valence-electron chi connectivity index (χ2n) is 7.96. The van der Waals surface area contributed by atoms with Crippen molar-refractivity contribution in [2.45, 2.75) is 24.9 Å². The van der Waals surface area contributed by atoms with E-state index in [4.69, 9.17) is 0 Å². The number of carbonyl (C=O) groups excluding carboxylic acids is 1. The molecule has 1 aliphatic heterocycles. The van der Waals surface area contributed by atoms with Crippen molar-refractivity contribution >= 4 is 35.8 Å². The van der Waals surface area contributed by atoms with Crippen molar-refractivity contribution in [3.05, 3.63) is 18.0 Å². The maximum Gasteiger partial charge on any atom is 0.234 e. The Labute approximate surface area is 190 Å². The fourth-order valence-electron chi connectivity index (χ4n) is 3.55. The van der Waals surface area contributed by atoms with Gasteiger partial charge < -0.3 is 20.4 Å². The first-order chi connectivity index (χ1) is 13.5. The highest BCUT2D eigenvalue weighted by Crippen LogP contribution is 2.18. The number of rotatable bonds is 7. The molecule has 1 saturated heterocycles. The lowest BCUT2D eigenvalue weighted by Crippen LogP contribution is -2.54. The molecule has 1 amide bonds. The molecule has 29 heavy (non-hydrogen) atoms. The van der Waals surface area contributed by atoms with Crippen LogP contribution in [0.25, 0.3) is 0 Å². The van der Waals surface area contributed by atoms with Gasteiger partial charge in [0.15, 0.2) is 5.96 Å². The van der Waals surface area contributed by atoms with Crippen molar-refractivity contribution in [2.75, 3.05) is 60.4 Å². The maximum atomic E-state index is 12.0. The smallest absolute Gasteiger partial charge is 0.234 e. The molecule has 1 aromatic rings. The molecule has 0 aromatic carbocycles. The van der Waals surface area contributed by atoms with Crippen molar-refractivity contribution in [3.63, 3.8) is 0 Å². The van der Waals surface area contributed by atoms with Gasteiger partial charge in [0.1, 0.15) is 0 Å². The van der Waals surface area contributed by atoms with Crippen LogP contribution in [0.5, 0.6) is 0 Å². The van der Waals surface area contributed by atoms with Crippen molar-refractivity contribution in [1.29, 1.82) is 0 Å². The lowest BCUT2D eigenvalue weighted by Gasteiger charge is -2.36. The molecule has 2 heterocycles. The number of aromatic nitrogens is 2. The number of aryl methyl sites for hydroxylation is 1. The topological polar surface area (TPSA) is 81.0 Å². The summed E-state index contributed by atoms with van der Waals surface area (Å²) in [6, 6.07) is 0.652. The Hall–Kier alpha value is -1.40. The van der Waals surface area contributed by atoms with E-state index in [1.807, 2.05) is 25.0 Å². The molecule has 1 unspecified atom stereocenters. The Morgan fingerprint density at radius 3 is 2.52 bits per heavy atom. The Morgan fingerprint density at radius 2 is 2.00 bits per heavy atom. The van der Waals surface area contributed by atoms with Crippen molar-refractivity contribution in [3.8, 4) is 0 Å². The second kappa shape index (κ2) is 11.1. The summed E-state index contributed by atoms with van der Waals surface area (Å²) in [5.74, 6) is 1.07. The molecule has 10 heteroatoms. The average Bonchev–Trinajstić information content (AvgIpc) is 3.37. The number of likely N-dealkylation sites (N-methyl/N-ethyl adjacent to an activating group) is 1. The quantitative estimate of drug-likeness (QED) is 0.303. The Balaban J connectivity index is 0.00000300. The van der Waals surface area contributed by atoms with Crippen LogP contribution in [-0.2, 0) is 11.8 Å². The molecule has 1 aliphatic carbocycles. The minimum absolute atomic E-state index is 0. The van der Waals surface area contributed by atoms with Gasteiger partial charge in [0.05, 0.1) is 18.8 Å². The zero-order chi connectivity index (χ0) is 20.1. The van der Waals surface area contributed by atoms with Gasteiger partial charge in [-0.1, -0.05) is 0 Å². The van der Waals surface area contributed by atoms with E-state index >= 15 is 0 Å². The van der Waals surface area contributed by atoms with Gasteiger partial charge in [-0.15, -0.1) is 24.0 Å². The minimum atomic E-state index is 0. The first-order valence-electron chi connectivity index (χ1n) is 10.1. The van der Waals surface area contributed by atoms with Gasteiger partial charge in [-0.2, -0.15) is 5.10 Å². The molecule has 1 aromatic heterocycles. The summed E-state index contributed by atoms with van der Waals surface area (Å²) in [6.45, 7) is 4.75. The van der Waals surface area contributed by atoms with Gasteiger partial charge in [0.25, 0.3) is 0 Å². The highest BCUT2D eigenvalue weighted by atomic mass is 127. The van der Waals surface area contributed by atoms with Crippen LogP contribution in [0.4, 0.5) is 0 Å². The number of hydrogen-bond acceptors (Lipinski definition) is 5. The van der Waals surface area contributed by atoms with Gasteiger partial charge in [-0.25, -0.2) is 0 Å². The van der Waals surface area contributed by atoms with E-state index in [-0.39, 0.29) is 35.9 Å². The number of hydrogen-bond donors (Lipinski definition) is 2. The van der Waals surface area contributed by atoms with Crippen LogP contribution in [0.3, 0.4) is 0 Å². The summed E-state index contributed by atoms with van der Waals surface area (Å²) >= 11 is 0. The van der Waals surface area contributed by atoms with Crippen molar-refractivity contribution in [1.82, 2.24) is 35.1 Å². The summed E-state index contributed by atoms with van der Waals surface area (Å²) < 4.78 is 1.83. The standard InChI is InChI=1S/C19H34N8O.HI/c1-20-19(21-12-17(24(2)3)15-11-22-25(4)13-15)27-9-7-26(8-10-27)14-18(28)23-16-5-6-16;/h11,13,16-17H,5-10,12,14H2,1-4H3,(H,20,21)(H,23,28);1H. The fraction of sp³-hybridized carbons (Fsp3) is 0.737. The second-order valence-corrected chi connectivity index (χ2v) is 7.96. The fourth-order valence-corrected chi connectivity index (χ4v) is 3.55. The van der Waals surface area contributed by atoms with E-state index < -0.39 is 0 Å². The third kappa shape index (κ3) is 7.10. The van der Waals surface area contributed by atoms with Gasteiger partial charge in [0, 0.05) is 64.6 Å². The molecule has 0 bridgehead atoms. The van der Waals surface area contributed by atoms with E-state index in [1.165, 1.54) is 5.56 Å². The van der Waals surface area contributed by atoms with E-state index in [9.17, 15) is 4.79 Å². The predicted molar refractivity (Wildman–Crippen MR) is 126 cm³/mol. The molecule has 0 radical (unpaired) electrons. The molecular weight excluding hydrogens is 483 g/mol. The van der Waals surface area contributed by atoms with E-state index in [0.717, 1.165) is 51.5 Å². The maximum absolute atomic E-state index is 12.0. The molecule has 9 nitrogen and oxygen atoms in total. The van der Waals surface area contributed by atoms with Crippen molar-refractivity contribution < 1.29 is 4.79 Å². The highest BCUT2D eigenvalue weighted by molar-refractivity contribution is 14.0. The van der Waals surface area contributed by atoms with E-state index in [1.54, 1.807) is 0 Å². The first kappa shape index (κ1) is 23.9. The van der Waals surface area contributed by atoms with Gasteiger partial charge in [-0.05, 0) is 26.9 Å². The number of piperazine rings is 1. The molecule has 164 valence electrons. The van der Waals surface area contributed by atoms with Gasteiger partial charge in [-0.3, -0.25) is 19.4 Å². The molecule has 2 N–H and O–H groups in total. The molecule has 0 spiro atoms. The van der Waals surface area contributed by atoms with E-state index in [2.05, 4.69) is 55.7 Å². The minimum Gasteiger partial charge on any atom is -0.354 e. The number of guanidine groups is 1. The monoisotopic (exact) mass is 518 g/mol. The van der Waals surface area contributed by atoms with Crippen LogP contribution in [0.15, 0.2) is 17.4 Å². The van der Waals surface area contributed by atoms with Crippen LogP contribution in [0.2, 0.25) is 0 Å². The number of nitrogens with zero attached hydrogens (tertiary/aromatic N) is 6. The van der Waals surface area contributed by atoms with E-state index in [0.29, 0.717) is 12.6 Å². The summed E-state index contributed by atoms with van der Waals surface area (Å²) in [7, 11) is 7.92. The number of aliphatic imine (C=N–C) groups is 1. The first-order valence-corrected chi connectivity index (χ1v) is 10.1. The predicted octanol–water partition coefficient (Wildman–Crippen LogP) is 0.112. The van der Waals surface area contributed by atoms with Crippen LogP contribution in [0.1, 0.15) is 24.4 Å². The number of amides is 1. The molecular formula is C19H35IN8O. The molecule has 3 rings (SSSR count). The molecule has 1 saturated carbocycles. The zero-order valence-corrected chi connectivity index (χ0v) is 20.3. The summed E-state index contributed by atoms with van der Waals surface area (Å²) in [4.78, 5) is 23.1. The third-order valence-electron chi connectivity index (χ3n) is 5.38. The number of nitrogens with one attached hydrogen (secondary N) is 2. The third-order valence-corrected chi connectivity index (χ3v) is 5.38. The van der Waals surface area contributed by atoms with Crippen LogP contribution >= 0.6 is 24.0 Å². The number of carbonyl (C=O) groups is 1. The molecule has 2 aliphatic rings. The highest BCUT2D eigenvalue weighted by Gasteiger charge is 2.26.